The summed E-state index contributed by atoms with van der Waals surface area (Å²) < 4.78 is 29.4. The van der Waals surface area contributed by atoms with Crippen LogP contribution in [0.2, 0.25) is 25.7 Å². The molecular formula is C37H47FN6O6Si. The number of carbonyl (C=O) groups excluding carboxylic acids is 2. The number of nitrogens with one attached hydrogen (secondary N) is 2. The lowest BCUT2D eigenvalue weighted by atomic mass is 10.0. The summed E-state index contributed by atoms with van der Waals surface area (Å²) in [6.07, 6.45) is 2.18. The SMILES string of the molecule is CNC(=O)c1cccc(CN2CCN(C(=O)[C@H](Cc3ccc(Oc4ccnc5c4c(C)cn5COCC[Si](C)(C)C)c(F)c3)NC(=O)O)CC2)c1. The van der Waals surface area contributed by atoms with Crippen molar-refractivity contribution in [3.8, 4) is 11.5 Å². The Morgan fingerprint density at radius 1 is 1.02 bits per heavy atom. The first-order valence-corrected chi connectivity index (χ1v) is 20.8. The number of hydrogen-bond acceptors (Lipinski definition) is 7. The maximum atomic E-state index is 15.5. The molecule has 1 aliphatic heterocycles. The second-order valence-electron chi connectivity index (χ2n) is 14.1. The molecule has 0 bridgehead atoms. The maximum absolute atomic E-state index is 15.5. The van der Waals surface area contributed by atoms with E-state index >= 15 is 4.39 Å². The van der Waals surface area contributed by atoms with Gasteiger partial charge in [-0.05, 0) is 60.0 Å². The summed E-state index contributed by atoms with van der Waals surface area (Å²) >= 11 is 0. The molecule has 4 aromatic rings. The van der Waals surface area contributed by atoms with E-state index in [1.165, 1.54) is 12.1 Å². The molecule has 5 rings (SSSR count). The van der Waals surface area contributed by atoms with Crippen LogP contribution in [0.15, 0.2) is 60.9 Å². The molecule has 2 aromatic carbocycles. The zero-order valence-electron chi connectivity index (χ0n) is 29.9. The minimum atomic E-state index is -1.34. The summed E-state index contributed by atoms with van der Waals surface area (Å²) in [5.41, 5.74) is 3.59. The van der Waals surface area contributed by atoms with Gasteiger partial charge in [0.2, 0.25) is 5.91 Å². The molecule has 0 saturated carbocycles. The molecule has 0 aliphatic carbocycles. The van der Waals surface area contributed by atoms with Gasteiger partial charge in [-0.3, -0.25) is 14.5 Å². The van der Waals surface area contributed by atoms with Crippen molar-refractivity contribution >= 4 is 37.0 Å². The zero-order valence-corrected chi connectivity index (χ0v) is 30.9. The van der Waals surface area contributed by atoms with Crippen LogP contribution in [0.3, 0.4) is 0 Å². The monoisotopic (exact) mass is 718 g/mol. The molecule has 0 unspecified atom stereocenters. The highest BCUT2D eigenvalue weighted by atomic mass is 28.3. The smallest absolute Gasteiger partial charge is 0.405 e. The number of pyridine rings is 1. The first-order valence-electron chi connectivity index (χ1n) is 17.1. The van der Waals surface area contributed by atoms with E-state index in [0.29, 0.717) is 68.6 Å². The molecule has 0 spiro atoms. The normalized spacial score (nSPS) is 14.4. The molecule has 12 nitrogen and oxygen atoms in total. The molecule has 51 heavy (non-hydrogen) atoms. The number of carboxylic acid groups (broad SMARTS) is 1. The Labute approximate surface area is 298 Å². The third kappa shape index (κ3) is 9.93. The molecule has 3 heterocycles. The second kappa shape index (κ2) is 16.5. The molecule has 0 radical (unpaired) electrons. The van der Waals surface area contributed by atoms with E-state index in [4.69, 9.17) is 9.47 Å². The Hall–Kier alpha value is -4.79. The van der Waals surface area contributed by atoms with Crippen LogP contribution in [0, 0.1) is 12.7 Å². The molecule has 272 valence electrons. The first kappa shape index (κ1) is 37.5. The number of carbonyl (C=O) groups is 3. The molecule has 14 heteroatoms. The number of benzene rings is 2. The van der Waals surface area contributed by atoms with Gasteiger partial charge < -0.3 is 34.7 Å². The summed E-state index contributed by atoms with van der Waals surface area (Å²) in [4.78, 5) is 45.6. The van der Waals surface area contributed by atoms with E-state index in [1.807, 2.05) is 35.9 Å². The van der Waals surface area contributed by atoms with Crippen LogP contribution in [0.5, 0.6) is 11.5 Å². The van der Waals surface area contributed by atoms with Crippen LogP contribution < -0.4 is 15.4 Å². The van der Waals surface area contributed by atoms with Gasteiger partial charge in [-0.25, -0.2) is 14.2 Å². The fraction of sp³-hybridized carbons (Fsp3) is 0.405. The van der Waals surface area contributed by atoms with Crippen LogP contribution in [0.1, 0.15) is 27.0 Å². The van der Waals surface area contributed by atoms with Gasteiger partial charge in [-0.1, -0.05) is 37.8 Å². The minimum Gasteiger partial charge on any atom is -0.465 e. The highest BCUT2D eigenvalue weighted by Crippen LogP contribution is 2.34. The van der Waals surface area contributed by atoms with Gasteiger partial charge in [-0.15, -0.1) is 0 Å². The number of aromatic nitrogens is 2. The van der Waals surface area contributed by atoms with Gasteiger partial charge in [-0.2, -0.15) is 0 Å². The number of aryl methyl sites for hydroxylation is 1. The van der Waals surface area contributed by atoms with Crippen molar-refractivity contribution in [2.45, 2.75) is 58.3 Å². The Morgan fingerprint density at radius 3 is 2.47 bits per heavy atom. The quantitative estimate of drug-likeness (QED) is 0.115. The summed E-state index contributed by atoms with van der Waals surface area (Å²) in [7, 11) is 0.370. The number of nitrogens with zero attached hydrogens (tertiary/aromatic N) is 4. The third-order valence-corrected chi connectivity index (χ3v) is 10.6. The standard InChI is InChI=1S/C37H47FN6O6Si/c1-25-22-44(24-49-17-18-51(3,4)5)34-33(25)32(11-12-40-34)50-31-10-9-26(20-29(31)38)21-30(41-37(47)48)36(46)43-15-13-42(14-16-43)23-27-7-6-8-28(19-27)35(45)39-2/h6-12,19-20,22,30,41H,13-18,21,23-24H2,1-5H3,(H,39,45)(H,47,48)/t30-/m0/s1. The lowest BCUT2D eigenvalue weighted by Crippen LogP contribution is -2.55. The summed E-state index contributed by atoms with van der Waals surface area (Å²) in [5, 5.41) is 15.2. The van der Waals surface area contributed by atoms with Gasteiger partial charge in [0, 0.05) is 78.8 Å². The zero-order chi connectivity index (χ0) is 36.7. The molecule has 1 aliphatic rings. The van der Waals surface area contributed by atoms with Crippen LogP contribution in [-0.4, -0.2) is 96.3 Å². The highest BCUT2D eigenvalue weighted by molar-refractivity contribution is 6.76. The molecule has 1 saturated heterocycles. The topological polar surface area (TPSA) is 138 Å². The minimum absolute atomic E-state index is 0.00385. The number of halogens is 1. The average molecular weight is 719 g/mol. The molecule has 1 fully saturated rings. The Bertz CT molecular complexity index is 1870. The van der Waals surface area contributed by atoms with Crippen molar-refractivity contribution in [1.29, 1.82) is 0 Å². The van der Waals surface area contributed by atoms with E-state index in [9.17, 15) is 19.5 Å². The van der Waals surface area contributed by atoms with Crippen LogP contribution in [0.25, 0.3) is 11.0 Å². The van der Waals surface area contributed by atoms with E-state index < -0.39 is 26.0 Å². The fourth-order valence-corrected chi connectivity index (χ4v) is 6.88. The van der Waals surface area contributed by atoms with Crippen LogP contribution >= 0.6 is 0 Å². The van der Waals surface area contributed by atoms with Crippen LogP contribution in [0.4, 0.5) is 9.18 Å². The van der Waals surface area contributed by atoms with Gasteiger partial charge in [0.1, 0.15) is 24.2 Å². The second-order valence-corrected chi connectivity index (χ2v) is 19.7. The number of amides is 3. The number of piperazine rings is 1. The molecule has 3 amide bonds. The summed E-state index contributed by atoms with van der Waals surface area (Å²) in [6.45, 7) is 12.4. The fourth-order valence-electron chi connectivity index (χ4n) is 6.12. The van der Waals surface area contributed by atoms with Crippen molar-refractivity contribution in [2.24, 2.45) is 0 Å². The Balaban J connectivity index is 1.21. The molecule has 2 aromatic heterocycles. The van der Waals surface area contributed by atoms with Gasteiger partial charge in [0.05, 0.1) is 5.39 Å². The van der Waals surface area contributed by atoms with Crippen molar-refractivity contribution in [3.63, 3.8) is 0 Å². The average Bonchev–Trinajstić information content (AvgIpc) is 3.42. The summed E-state index contributed by atoms with van der Waals surface area (Å²) in [5.74, 6) is -0.723. The van der Waals surface area contributed by atoms with E-state index in [2.05, 4.69) is 40.2 Å². The van der Waals surface area contributed by atoms with Gasteiger partial charge in [0.15, 0.2) is 11.6 Å². The predicted octanol–water partition coefficient (Wildman–Crippen LogP) is 5.47. The van der Waals surface area contributed by atoms with Crippen molar-refractivity contribution in [3.05, 3.63) is 89.0 Å². The lowest BCUT2D eigenvalue weighted by molar-refractivity contribution is -0.135. The third-order valence-electron chi connectivity index (χ3n) is 8.89. The van der Waals surface area contributed by atoms with E-state index in [-0.39, 0.29) is 24.0 Å². The Morgan fingerprint density at radius 2 is 1.78 bits per heavy atom. The van der Waals surface area contributed by atoms with Crippen molar-refractivity contribution in [1.82, 2.24) is 30.0 Å². The molecule has 1 atom stereocenters. The first-order chi connectivity index (χ1) is 24.3. The summed E-state index contributed by atoms with van der Waals surface area (Å²) in [6, 6.07) is 13.4. The van der Waals surface area contributed by atoms with E-state index in [0.717, 1.165) is 22.6 Å². The lowest BCUT2D eigenvalue weighted by Gasteiger charge is -2.36. The molecule has 3 N–H and O–H groups in total. The number of rotatable bonds is 14. The van der Waals surface area contributed by atoms with E-state index in [1.54, 1.807) is 36.3 Å². The van der Waals surface area contributed by atoms with Gasteiger partial charge in [0.25, 0.3) is 5.91 Å². The molecular weight excluding hydrogens is 672 g/mol. The number of hydrogen-bond donors (Lipinski definition) is 3. The number of ether oxygens (including phenoxy) is 2. The van der Waals surface area contributed by atoms with Crippen LogP contribution in [-0.2, 0) is 29.2 Å². The van der Waals surface area contributed by atoms with Gasteiger partial charge >= 0.3 is 6.09 Å². The van der Waals surface area contributed by atoms with Crippen molar-refractivity contribution < 1.29 is 33.4 Å². The highest BCUT2D eigenvalue weighted by Gasteiger charge is 2.29. The Kier molecular flexibility index (Phi) is 12.1. The van der Waals surface area contributed by atoms with Crippen molar-refractivity contribution in [2.75, 3.05) is 39.8 Å². The largest absolute Gasteiger partial charge is 0.465 e. The predicted molar refractivity (Wildman–Crippen MR) is 195 cm³/mol. The number of fused-ring (bicyclic) bond motifs is 1. The maximum Gasteiger partial charge on any atom is 0.405 e.